The summed E-state index contributed by atoms with van der Waals surface area (Å²) in [4.78, 5) is 1.28. The lowest BCUT2D eigenvalue weighted by atomic mass is 10.0. The van der Waals surface area contributed by atoms with Gasteiger partial charge in [-0.2, -0.15) is 0 Å². The second kappa shape index (κ2) is 8.27. The van der Waals surface area contributed by atoms with Crippen LogP contribution in [0.4, 0.5) is 4.39 Å². The SMILES string of the molecule is Cc1cc(S(=O)(=O)NC[C@H](c2ccc3c(c2)OCO3)[NH+]2CCOCC2)ccc1F. The molecule has 2 aromatic rings. The molecule has 156 valence electrons. The van der Waals surface area contributed by atoms with Crippen molar-refractivity contribution in [1.82, 2.24) is 4.72 Å². The fraction of sp³-hybridized carbons (Fsp3) is 0.400. The lowest BCUT2D eigenvalue weighted by molar-refractivity contribution is -0.937. The second-order valence-corrected chi connectivity index (χ2v) is 8.97. The zero-order chi connectivity index (χ0) is 20.4. The lowest BCUT2D eigenvalue weighted by Crippen LogP contribution is -3.15. The largest absolute Gasteiger partial charge is 0.454 e. The van der Waals surface area contributed by atoms with Gasteiger partial charge in [-0.1, -0.05) is 0 Å². The van der Waals surface area contributed by atoms with Gasteiger partial charge < -0.3 is 19.1 Å². The Morgan fingerprint density at radius 1 is 1.10 bits per heavy atom. The average Bonchev–Trinajstić information content (AvgIpc) is 3.19. The predicted molar refractivity (Wildman–Crippen MR) is 103 cm³/mol. The molecular formula is C20H24FN2O5S+. The fourth-order valence-corrected chi connectivity index (χ4v) is 4.80. The molecule has 2 aromatic carbocycles. The molecule has 0 unspecified atom stereocenters. The quantitative estimate of drug-likeness (QED) is 0.719. The van der Waals surface area contributed by atoms with Crippen LogP contribution in [0.25, 0.3) is 0 Å². The van der Waals surface area contributed by atoms with Crippen molar-refractivity contribution in [3.8, 4) is 11.5 Å². The molecule has 2 heterocycles. The van der Waals surface area contributed by atoms with Gasteiger partial charge in [-0.05, 0) is 48.9 Å². The summed E-state index contributed by atoms with van der Waals surface area (Å²) in [5.74, 6) is 0.920. The van der Waals surface area contributed by atoms with E-state index in [0.29, 0.717) is 30.3 Å². The van der Waals surface area contributed by atoms with Crippen LogP contribution in [0.1, 0.15) is 17.2 Å². The van der Waals surface area contributed by atoms with Gasteiger partial charge in [0.2, 0.25) is 16.8 Å². The lowest BCUT2D eigenvalue weighted by Gasteiger charge is -2.32. The molecule has 0 amide bonds. The van der Waals surface area contributed by atoms with Crippen LogP contribution in [0.3, 0.4) is 0 Å². The number of halogens is 1. The minimum atomic E-state index is -3.77. The van der Waals surface area contributed by atoms with Crippen LogP contribution in [-0.4, -0.2) is 48.1 Å². The monoisotopic (exact) mass is 423 g/mol. The van der Waals surface area contributed by atoms with Gasteiger partial charge in [0.05, 0.1) is 24.7 Å². The number of rotatable bonds is 6. The topological polar surface area (TPSA) is 78.3 Å². The molecule has 1 atom stereocenters. The van der Waals surface area contributed by atoms with Crippen molar-refractivity contribution in [1.29, 1.82) is 0 Å². The van der Waals surface area contributed by atoms with E-state index in [1.54, 1.807) is 6.92 Å². The van der Waals surface area contributed by atoms with Crippen LogP contribution in [-0.2, 0) is 14.8 Å². The van der Waals surface area contributed by atoms with Gasteiger partial charge >= 0.3 is 0 Å². The summed E-state index contributed by atoms with van der Waals surface area (Å²) in [7, 11) is -3.77. The van der Waals surface area contributed by atoms with E-state index in [-0.39, 0.29) is 24.3 Å². The van der Waals surface area contributed by atoms with Gasteiger partial charge in [0, 0.05) is 5.56 Å². The molecule has 0 aromatic heterocycles. The number of nitrogens with one attached hydrogen (secondary N) is 2. The Morgan fingerprint density at radius 2 is 1.86 bits per heavy atom. The number of hydrogen-bond acceptors (Lipinski definition) is 5. The van der Waals surface area contributed by atoms with E-state index in [1.165, 1.54) is 23.1 Å². The molecule has 2 N–H and O–H groups in total. The molecule has 0 spiro atoms. The van der Waals surface area contributed by atoms with Crippen LogP contribution in [0.2, 0.25) is 0 Å². The maximum absolute atomic E-state index is 13.5. The third-order valence-electron chi connectivity index (χ3n) is 5.34. The van der Waals surface area contributed by atoms with E-state index >= 15 is 0 Å². The van der Waals surface area contributed by atoms with Crippen LogP contribution in [0.15, 0.2) is 41.3 Å². The van der Waals surface area contributed by atoms with Gasteiger partial charge in [0.1, 0.15) is 24.9 Å². The summed E-state index contributed by atoms with van der Waals surface area (Å²) in [6.45, 7) is 4.73. The van der Waals surface area contributed by atoms with E-state index in [4.69, 9.17) is 14.2 Å². The van der Waals surface area contributed by atoms with Gasteiger partial charge in [-0.15, -0.1) is 0 Å². The molecule has 2 aliphatic heterocycles. The van der Waals surface area contributed by atoms with E-state index < -0.39 is 15.8 Å². The number of ether oxygens (including phenoxy) is 3. The summed E-state index contributed by atoms with van der Waals surface area (Å²) >= 11 is 0. The number of fused-ring (bicyclic) bond motifs is 1. The molecule has 0 bridgehead atoms. The molecule has 1 fully saturated rings. The zero-order valence-corrected chi connectivity index (χ0v) is 16.9. The highest BCUT2D eigenvalue weighted by Gasteiger charge is 2.30. The third kappa shape index (κ3) is 4.37. The summed E-state index contributed by atoms with van der Waals surface area (Å²) in [6.07, 6.45) is 0. The number of benzene rings is 2. The molecule has 2 aliphatic rings. The van der Waals surface area contributed by atoms with Gasteiger partial charge in [-0.25, -0.2) is 17.5 Å². The highest BCUT2D eigenvalue weighted by molar-refractivity contribution is 7.89. The van der Waals surface area contributed by atoms with Gasteiger partial charge in [0.15, 0.2) is 11.5 Å². The summed E-state index contributed by atoms with van der Waals surface area (Å²) in [5.41, 5.74) is 1.25. The Hall–Kier alpha value is -2.20. The maximum atomic E-state index is 13.5. The first-order valence-corrected chi connectivity index (χ1v) is 11.0. The molecule has 0 aliphatic carbocycles. The van der Waals surface area contributed by atoms with E-state index in [9.17, 15) is 12.8 Å². The van der Waals surface area contributed by atoms with E-state index in [1.807, 2.05) is 18.2 Å². The number of hydrogen-bond donors (Lipinski definition) is 2. The van der Waals surface area contributed by atoms with Crippen molar-refractivity contribution in [2.24, 2.45) is 0 Å². The molecule has 7 nitrogen and oxygen atoms in total. The van der Waals surface area contributed by atoms with Crippen molar-refractivity contribution in [2.75, 3.05) is 39.6 Å². The first-order valence-electron chi connectivity index (χ1n) is 9.52. The molecule has 4 rings (SSSR count). The maximum Gasteiger partial charge on any atom is 0.240 e. The molecular weight excluding hydrogens is 399 g/mol. The first kappa shape index (κ1) is 20.1. The highest BCUT2D eigenvalue weighted by Crippen LogP contribution is 2.33. The molecule has 9 heteroatoms. The minimum Gasteiger partial charge on any atom is -0.454 e. The van der Waals surface area contributed by atoms with Crippen molar-refractivity contribution >= 4 is 10.0 Å². The Kier molecular flexibility index (Phi) is 5.73. The van der Waals surface area contributed by atoms with Crippen LogP contribution in [0.5, 0.6) is 11.5 Å². The van der Waals surface area contributed by atoms with E-state index in [2.05, 4.69) is 4.72 Å². The Morgan fingerprint density at radius 3 is 2.62 bits per heavy atom. The highest BCUT2D eigenvalue weighted by atomic mass is 32.2. The van der Waals surface area contributed by atoms with Crippen LogP contribution in [0, 0.1) is 12.7 Å². The standard InChI is InChI=1S/C20H23FN2O5S/c1-14-10-16(3-4-17(14)21)29(24,25)22-12-18(23-6-8-26-9-7-23)15-2-5-19-20(11-15)28-13-27-19/h2-5,10-11,18,22H,6-9,12-13H2,1H3/p+1/t18-/m1/s1. The van der Waals surface area contributed by atoms with Gasteiger partial charge in [-0.3, -0.25) is 0 Å². The molecule has 1 saturated heterocycles. The Balaban J connectivity index is 1.57. The Labute approximate surface area is 169 Å². The molecule has 0 saturated carbocycles. The van der Waals surface area contributed by atoms with Crippen molar-refractivity contribution < 1.29 is 31.9 Å². The average molecular weight is 423 g/mol. The van der Waals surface area contributed by atoms with Crippen molar-refractivity contribution in [2.45, 2.75) is 17.9 Å². The van der Waals surface area contributed by atoms with Crippen LogP contribution >= 0.6 is 0 Å². The number of quaternary nitrogens is 1. The molecule has 29 heavy (non-hydrogen) atoms. The number of sulfonamides is 1. The summed E-state index contributed by atoms with van der Waals surface area (Å²) < 4.78 is 58.1. The molecule has 0 radical (unpaired) electrons. The number of morpholine rings is 1. The smallest absolute Gasteiger partial charge is 0.240 e. The summed E-state index contributed by atoms with van der Waals surface area (Å²) in [5, 5.41) is 0. The van der Waals surface area contributed by atoms with Gasteiger partial charge in [0.25, 0.3) is 0 Å². The first-order chi connectivity index (χ1) is 13.9. The van der Waals surface area contributed by atoms with Crippen molar-refractivity contribution in [3.63, 3.8) is 0 Å². The van der Waals surface area contributed by atoms with Crippen molar-refractivity contribution in [3.05, 3.63) is 53.3 Å². The Bertz CT molecular complexity index is 992. The zero-order valence-electron chi connectivity index (χ0n) is 16.1. The minimum absolute atomic E-state index is 0.0535. The predicted octanol–water partition coefficient (Wildman–Crippen LogP) is 0.798. The van der Waals surface area contributed by atoms with Crippen LogP contribution < -0.4 is 19.1 Å². The number of aryl methyl sites for hydroxylation is 1. The summed E-state index contributed by atoms with van der Waals surface area (Å²) in [6, 6.07) is 9.37. The van der Waals surface area contributed by atoms with E-state index in [0.717, 1.165) is 18.7 Å². The fourth-order valence-electron chi connectivity index (χ4n) is 3.67. The normalized spacial score (nSPS) is 18.0. The third-order valence-corrected chi connectivity index (χ3v) is 6.77. The second-order valence-electron chi connectivity index (χ2n) is 7.20.